The van der Waals surface area contributed by atoms with E-state index in [0.29, 0.717) is 35.5 Å². The first kappa shape index (κ1) is 25.6. The lowest BCUT2D eigenvalue weighted by Gasteiger charge is -2.25. The predicted octanol–water partition coefficient (Wildman–Crippen LogP) is 2.02. The van der Waals surface area contributed by atoms with Crippen LogP contribution in [-0.4, -0.2) is 53.7 Å². The van der Waals surface area contributed by atoms with Crippen LogP contribution in [0.4, 0.5) is 8.78 Å². The van der Waals surface area contributed by atoms with Gasteiger partial charge in [-0.3, -0.25) is 4.99 Å². The van der Waals surface area contributed by atoms with Gasteiger partial charge in [-0.1, -0.05) is 6.42 Å². The minimum absolute atomic E-state index is 0. The Labute approximate surface area is 197 Å². The zero-order valence-corrected chi connectivity index (χ0v) is 20.2. The summed E-state index contributed by atoms with van der Waals surface area (Å²) in [7, 11) is -1.86. The highest BCUT2D eigenvalue weighted by molar-refractivity contribution is 14.0. The molecule has 0 spiro atoms. The first-order chi connectivity index (χ1) is 14.4. The maximum absolute atomic E-state index is 12.7. The van der Waals surface area contributed by atoms with Crippen LogP contribution in [0.1, 0.15) is 24.8 Å². The molecule has 13 heteroatoms. The van der Waals surface area contributed by atoms with Gasteiger partial charge in [-0.15, -0.1) is 24.0 Å². The highest BCUT2D eigenvalue weighted by Gasteiger charge is 2.21. The normalized spacial score (nSPS) is 15.9. The molecular formula is C18H27F2IN4O5S. The van der Waals surface area contributed by atoms with Gasteiger partial charge in [-0.25, -0.2) is 13.1 Å². The van der Waals surface area contributed by atoms with E-state index in [1.165, 1.54) is 13.1 Å². The highest BCUT2D eigenvalue weighted by atomic mass is 127. The number of hydrogen-bond donors (Lipinski definition) is 3. The van der Waals surface area contributed by atoms with Crippen LogP contribution in [0.5, 0.6) is 17.2 Å². The van der Waals surface area contributed by atoms with Crippen LogP contribution in [0.2, 0.25) is 0 Å². The second-order valence-corrected chi connectivity index (χ2v) is 8.93. The number of ether oxygens (including phenoxy) is 3. The summed E-state index contributed by atoms with van der Waals surface area (Å²) in [6, 6.07) is 2.90. The summed E-state index contributed by atoms with van der Waals surface area (Å²) in [6.07, 6.45) is 3.28. The van der Waals surface area contributed by atoms with Crippen molar-refractivity contribution in [3.05, 3.63) is 17.7 Å². The van der Waals surface area contributed by atoms with E-state index in [-0.39, 0.29) is 55.4 Å². The molecule has 0 saturated heterocycles. The molecule has 1 aliphatic carbocycles. The second kappa shape index (κ2) is 11.9. The monoisotopic (exact) mass is 576 g/mol. The van der Waals surface area contributed by atoms with Crippen LogP contribution in [-0.2, 0) is 16.6 Å². The van der Waals surface area contributed by atoms with Gasteiger partial charge in [0.2, 0.25) is 16.8 Å². The van der Waals surface area contributed by atoms with Crippen molar-refractivity contribution in [2.24, 2.45) is 10.9 Å². The van der Waals surface area contributed by atoms with E-state index in [0.717, 1.165) is 19.3 Å². The molecule has 0 aromatic heterocycles. The van der Waals surface area contributed by atoms with Gasteiger partial charge >= 0.3 is 6.61 Å². The van der Waals surface area contributed by atoms with Crippen LogP contribution in [0.3, 0.4) is 0 Å². The summed E-state index contributed by atoms with van der Waals surface area (Å²) in [5.41, 5.74) is 0.414. The molecule has 0 amide bonds. The topological polar surface area (TPSA) is 110 Å². The molecule has 0 unspecified atom stereocenters. The quantitative estimate of drug-likeness (QED) is 0.222. The van der Waals surface area contributed by atoms with Gasteiger partial charge in [-0.2, -0.15) is 8.78 Å². The Morgan fingerprint density at radius 3 is 2.58 bits per heavy atom. The van der Waals surface area contributed by atoms with E-state index < -0.39 is 16.6 Å². The number of fused-ring (bicyclic) bond motifs is 1. The van der Waals surface area contributed by atoms with Gasteiger partial charge in [0, 0.05) is 38.3 Å². The van der Waals surface area contributed by atoms with E-state index in [9.17, 15) is 17.2 Å². The van der Waals surface area contributed by atoms with E-state index in [2.05, 4.69) is 25.1 Å². The molecule has 9 nitrogen and oxygen atoms in total. The average molecular weight is 576 g/mol. The van der Waals surface area contributed by atoms with E-state index in [4.69, 9.17) is 9.47 Å². The average Bonchev–Trinajstić information content (AvgIpc) is 3.09. The fourth-order valence-electron chi connectivity index (χ4n) is 3.03. The standard InChI is InChI=1S/C18H26F2N4O5S.HI/c1-21-18(22-5-6-30(25,26)24-9-12-3-2-4-12)23-10-13-7-15-16(28-11-27-15)8-14(13)29-17(19)20;/h7-8,12,17,24H,2-6,9-11H2,1H3,(H2,21,22,23);1H. The minimum atomic E-state index is -3.38. The lowest BCUT2D eigenvalue weighted by molar-refractivity contribution is -0.0505. The number of nitrogens with zero attached hydrogens (tertiary/aromatic N) is 1. The zero-order chi connectivity index (χ0) is 21.6. The molecule has 1 aliphatic heterocycles. The van der Waals surface area contributed by atoms with Crippen LogP contribution in [0.25, 0.3) is 0 Å². The molecule has 1 aromatic rings. The van der Waals surface area contributed by atoms with Gasteiger partial charge in [-0.05, 0) is 24.8 Å². The summed E-state index contributed by atoms with van der Waals surface area (Å²) in [6.45, 7) is -2.26. The summed E-state index contributed by atoms with van der Waals surface area (Å²) in [5.74, 6) is 1.37. The Morgan fingerprint density at radius 2 is 1.97 bits per heavy atom. The number of benzene rings is 1. The summed E-state index contributed by atoms with van der Waals surface area (Å²) in [5, 5.41) is 5.85. The maximum atomic E-state index is 12.7. The van der Waals surface area contributed by atoms with Crippen molar-refractivity contribution in [3.63, 3.8) is 0 Å². The molecule has 3 N–H and O–H groups in total. The number of nitrogens with one attached hydrogen (secondary N) is 3. The number of guanidine groups is 1. The second-order valence-electron chi connectivity index (χ2n) is 7.01. The van der Waals surface area contributed by atoms with Crippen molar-refractivity contribution in [1.82, 2.24) is 15.4 Å². The third kappa shape index (κ3) is 7.79. The van der Waals surface area contributed by atoms with Gasteiger partial charge in [0.15, 0.2) is 17.5 Å². The molecule has 0 bridgehead atoms. The lowest BCUT2D eigenvalue weighted by atomic mass is 9.86. The molecule has 3 rings (SSSR count). The van der Waals surface area contributed by atoms with Crippen molar-refractivity contribution in [2.45, 2.75) is 32.4 Å². The van der Waals surface area contributed by atoms with Crippen molar-refractivity contribution in [2.75, 3.05) is 32.7 Å². The smallest absolute Gasteiger partial charge is 0.387 e. The number of halogens is 3. The van der Waals surface area contributed by atoms with Crippen molar-refractivity contribution in [3.8, 4) is 17.2 Å². The van der Waals surface area contributed by atoms with Crippen molar-refractivity contribution < 1.29 is 31.4 Å². The third-order valence-electron chi connectivity index (χ3n) is 4.92. The Balaban J connectivity index is 0.00000341. The fraction of sp³-hybridized carbons (Fsp3) is 0.611. The summed E-state index contributed by atoms with van der Waals surface area (Å²) < 4.78 is 67.2. The predicted molar refractivity (Wildman–Crippen MR) is 122 cm³/mol. The number of alkyl halides is 2. The molecule has 1 aromatic carbocycles. The fourth-order valence-corrected chi connectivity index (χ4v) is 4.03. The molecule has 1 fully saturated rings. The van der Waals surface area contributed by atoms with Crippen LogP contribution >= 0.6 is 24.0 Å². The zero-order valence-electron chi connectivity index (χ0n) is 17.0. The Hall–Kier alpha value is -1.61. The van der Waals surface area contributed by atoms with Gasteiger partial charge in [0.1, 0.15) is 5.75 Å². The number of rotatable bonds is 10. The van der Waals surface area contributed by atoms with Crippen LogP contribution < -0.4 is 29.6 Å². The van der Waals surface area contributed by atoms with Gasteiger partial charge in [0.05, 0.1) is 5.75 Å². The molecule has 176 valence electrons. The molecular weight excluding hydrogens is 549 g/mol. The Kier molecular flexibility index (Phi) is 9.81. The van der Waals surface area contributed by atoms with E-state index >= 15 is 0 Å². The first-order valence-electron chi connectivity index (χ1n) is 9.65. The molecule has 0 radical (unpaired) electrons. The lowest BCUT2D eigenvalue weighted by Crippen LogP contribution is -2.41. The minimum Gasteiger partial charge on any atom is -0.454 e. The largest absolute Gasteiger partial charge is 0.454 e. The van der Waals surface area contributed by atoms with Crippen LogP contribution in [0.15, 0.2) is 17.1 Å². The summed E-state index contributed by atoms with van der Waals surface area (Å²) in [4.78, 5) is 4.02. The number of aliphatic imine (C=N–C) groups is 1. The number of sulfonamides is 1. The maximum Gasteiger partial charge on any atom is 0.387 e. The molecule has 1 heterocycles. The molecule has 1 saturated carbocycles. The van der Waals surface area contributed by atoms with E-state index in [1.54, 1.807) is 6.07 Å². The SMILES string of the molecule is CN=C(NCCS(=O)(=O)NCC1CCC1)NCc1cc2c(cc1OC(F)F)OCO2.I. The number of hydrogen-bond acceptors (Lipinski definition) is 6. The molecule has 31 heavy (non-hydrogen) atoms. The van der Waals surface area contributed by atoms with Gasteiger partial charge < -0.3 is 24.8 Å². The van der Waals surface area contributed by atoms with Crippen molar-refractivity contribution >= 4 is 40.0 Å². The van der Waals surface area contributed by atoms with Gasteiger partial charge in [0.25, 0.3) is 0 Å². The Bertz CT molecular complexity index is 869. The first-order valence-corrected chi connectivity index (χ1v) is 11.3. The highest BCUT2D eigenvalue weighted by Crippen LogP contribution is 2.38. The van der Waals surface area contributed by atoms with Crippen LogP contribution in [0, 0.1) is 5.92 Å². The van der Waals surface area contributed by atoms with E-state index in [1.807, 2.05) is 0 Å². The molecule has 0 atom stereocenters. The summed E-state index contributed by atoms with van der Waals surface area (Å²) >= 11 is 0. The Morgan fingerprint density at radius 1 is 1.26 bits per heavy atom. The molecule has 2 aliphatic rings. The van der Waals surface area contributed by atoms with Crippen molar-refractivity contribution in [1.29, 1.82) is 0 Å². The third-order valence-corrected chi connectivity index (χ3v) is 6.27.